The topological polar surface area (TPSA) is 83.3 Å². The Bertz CT molecular complexity index is 1180. The Morgan fingerprint density at radius 1 is 1.31 bits per heavy atom. The molecular weight excluding hydrogens is 533 g/mol. The molecule has 0 spiro atoms. The van der Waals surface area contributed by atoms with E-state index in [1.807, 2.05) is 42.2 Å². The van der Waals surface area contributed by atoms with E-state index in [1.54, 1.807) is 11.8 Å². The van der Waals surface area contributed by atoms with Crippen molar-refractivity contribution in [2.45, 2.75) is 51.5 Å². The fourth-order valence-electron chi connectivity index (χ4n) is 4.66. The van der Waals surface area contributed by atoms with Gasteiger partial charge in [-0.05, 0) is 77.4 Å². The number of carbonyl (C=O) groups is 1. The summed E-state index contributed by atoms with van der Waals surface area (Å²) in [7, 11) is 0. The van der Waals surface area contributed by atoms with E-state index in [0.717, 1.165) is 37.1 Å². The lowest BCUT2D eigenvalue weighted by atomic mass is 9.69. The number of anilines is 1. The first-order valence-electron chi connectivity index (χ1n) is 10.6. The average molecular weight is 559 g/mol. The Morgan fingerprint density at radius 2 is 2.00 bits per heavy atom. The van der Waals surface area contributed by atoms with Crippen LogP contribution in [-0.4, -0.2) is 11.5 Å². The Morgan fingerprint density at radius 3 is 2.62 bits per heavy atom. The largest absolute Gasteiger partial charge is 0.455 e. The lowest BCUT2D eigenvalue weighted by Crippen LogP contribution is -2.42. The minimum absolute atomic E-state index is 0.0725. The van der Waals surface area contributed by atoms with Gasteiger partial charge in [0.2, 0.25) is 0 Å². The van der Waals surface area contributed by atoms with Crippen LogP contribution in [0.5, 0.6) is 0 Å². The number of carbonyl (C=O) groups excluding carboxylic acids is 1. The monoisotopic (exact) mass is 559 g/mol. The Labute approximate surface area is 206 Å². The molecule has 1 aliphatic carbocycles. The van der Waals surface area contributed by atoms with Gasteiger partial charge in [0.05, 0.1) is 17.6 Å². The number of furan rings is 1. The van der Waals surface area contributed by atoms with Gasteiger partial charge >= 0.3 is 0 Å². The zero-order chi connectivity index (χ0) is 23.2. The maximum absolute atomic E-state index is 13.6. The van der Waals surface area contributed by atoms with Gasteiger partial charge in [0.25, 0.3) is 0 Å². The number of halogens is 1. The molecule has 1 aromatic carbocycles. The summed E-state index contributed by atoms with van der Waals surface area (Å²) in [5.41, 5.74) is 10.2. The van der Waals surface area contributed by atoms with Crippen LogP contribution < -0.4 is 10.6 Å². The molecule has 2 aliphatic rings. The number of nitriles is 1. The summed E-state index contributed by atoms with van der Waals surface area (Å²) in [5.74, 6) is 1.54. The van der Waals surface area contributed by atoms with Crippen molar-refractivity contribution in [3.63, 3.8) is 0 Å². The second-order valence-electron chi connectivity index (χ2n) is 8.99. The number of thioether (sulfide) groups is 1. The van der Waals surface area contributed by atoms with E-state index in [-0.39, 0.29) is 11.2 Å². The Kier molecular flexibility index (Phi) is 6.21. The van der Waals surface area contributed by atoms with Gasteiger partial charge in [0, 0.05) is 32.5 Å². The van der Waals surface area contributed by atoms with E-state index in [1.165, 1.54) is 0 Å². The van der Waals surface area contributed by atoms with Gasteiger partial charge in [-0.1, -0.05) is 32.5 Å². The van der Waals surface area contributed by atoms with E-state index < -0.39 is 5.92 Å². The summed E-state index contributed by atoms with van der Waals surface area (Å²) in [5, 5.41) is 11.0. The van der Waals surface area contributed by atoms with Crippen LogP contribution in [0.4, 0.5) is 5.69 Å². The average Bonchev–Trinajstić information content (AvgIpc) is 3.07. The molecule has 0 radical (unpaired) electrons. The van der Waals surface area contributed by atoms with Crippen molar-refractivity contribution in [2.24, 2.45) is 11.1 Å². The lowest BCUT2D eigenvalue weighted by Gasteiger charge is -2.43. The van der Waals surface area contributed by atoms with E-state index >= 15 is 0 Å². The number of hydrogen-bond donors (Lipinski definition) is 1. The van der Waals surface area contributed by atoms with Crippen LogP contribution in [0.2, 0.25) is 0 Å². The highest BCUT2D eigenvalue weighted by molar-refractivity contribution is 14.1. The third-order valence-corrected chi connectivity index (χ3v) is 7.49. The smallest absolute Gasteiger partial charge is 0.164 e. The highest BCUT2D eigenvalue weighted by Crippen LogP contribution is 2.51. The molecule has 1 aromatic heterocycles. The van der Waals surface area contributed by atoms with Crippen LogP contribution in [-0.2, 0) is 4.79 Å². The first kappa shape index (κ1) is 23.0. The van der Waals surface area contributed by atoms with Crippen LogP contribution in [0.1, 0.15) is 50.9 Å². The SMILES string of the molecule is CCSc1oc(C)cc1C1C(C#N)=C(N)N(c2ccc(I)cc2)C2=C1C(=O)CC(C)(C)C2. The number of Topliss-reactive ketones (excluding diaryl/α,β-unsaturated/α-hetero) is 1. The fourth-order valence-corrected chi connectivity index (χ4v) is 5.82. The lowest BCUT2D eigenvalue weighted by molar-refractivity contribution is -0.118. The van der Waals surface area contributed by atoms with Gasteiger partial charge in [-0.2, -0.15) is 5.26 Å². The molecule has 1 atom stereocenters. The first-order chi connectivity index (χ1) is 15.2. The van der Waals surface area contributed by atoms with Crippen molar-refractivity contribution in [3.05, 3.63) is 67.9 Å². The maximum Gasteiger partial charge on any atom is 0.164 e. The molecule has 2 aromatic rings. The normalized spacial score (nSPS) is 20.4. The minimum Gasteiger partial charge on any atom is -0.455 e. The van der Waals surface area contributed by atoms with Crippen LogP contribution in [0.15, 0.2) is 62.5 Å². The van der Waals surface area contributed by atoms with E-state index in [9.17, 15) is 10.1 Å². The zero-order valence-corrected chi connectivity index (χ0v) is 21.6. The highest BCUT2D eigenvalue weighted by atomic mass is 127. The molecule has 0 saturated heterocycles. The highest BCUT2D eigenvalue weighted by Gasteiger charge is 2.45. The summed E-state index contributed by atoms with van der Waals surface area (Å²) in [4.78, 5) is 15.5. The molecule has 2 heterocycles. The molecule has 0 fully saturated rings. The molecule has 0 saturated carbocycles. The molecule has 32 heavy (non-hydrogen) atoms. The van der Waals surface area contributed by atoms with Gasteiger partial charge in [-0.3, -0.25) is 9.69 Å². The molecule has 0 bridgehead atoms. The quantitative estimate of drug-likeness (QED) is 0.353. The molecule has 1 aliphatic heterocycles. The second kappa shape index (κ2) is 8.64. The predicted molar refractivity (Wildman–Crippen MR) is 136 cm³/mol. The number of hydrogen-bond acceptors (Lipinski definition) is 6. The van der Waals surface area contributed by atoms with Gasteiger partial charge < -0.3 is 10.2 Å². The first-order valence-corrected chi connectivity index (χ1v) is 12.7. The Hall–Kier alpha value is -2.18. The van der Waals surface area contributed by atoms with Gasteiger partial charge in [-0.25, -0.2) is 0 Å². The summed E-state index contributed by atoms with van der Waals surface area (Å²) in [6, 6.07) is 12.3. The molecule has 2 N–H and O–H groups in total. The third kappa shape index (κ3) is 3.99. The standard InChI is InChI=1S/C25H26IN3O2S/c1-5-32-24-17(10-14(2)31-24)21-18(13-27)23(28)29(16-8-6-15(26)7-9-16)19-11-25(3,4)12-20(30)22(19)21/h6-10,21H,5,11-12,28H2,1-4H3. The van der Waals surface area contributed by atoms with Crippen molar-refractivity contribution in [1.29, 1.82) is 5.26 Å². The zero-order valence-electron chi connectivity index (χ0n) is 18.7. The molecule has 5 nitrogen and oxygen atoms in total. The predicted octanol–water partition coefficient (Wildman–Crippen LogP) is 6.25. The summed E-state index contributed by atoms with van der Waals surface area (Å²) >= 11 is 3.84. The molecule has 1 unspecified atom stereocenters. The van der Waals surface area contributed by atoms with Crippen molar-refractivity contribution < 1.29 is 9.21 Å². The van der Waals surface area contributed by atoms with Gasteiger partial charge in [-0.15, -0.1) is 0 Å². The van der Waals surface area contributed by atoms with Crippen molar-refractivity contribution in [1.82, 2.24) is 0 Å². The third-order valence-electron chi connectivity index (χ3n) is 5.90. The number of nitrogens with zero attached hydrogens (tertiary/aromatic N) is 2. The van der Waals surface area contributed by atoms with Crippen LogP contribution >= 0.6 is 34.4 Å². The number of allylic oxidation sites excluding steroid dienone is 3. The number of nitrogens with two attached hydrogens (primary N) is 1. The van der Waals surface area contributed by atoms with Gasteiger partial charge in [0.15, 0.2) is 10.9 Å². The summed E-state index contributed by atoms with van der Waals surface area (Å²) in [6.07, 6.45) is 1.14. The minimum atomic E-state index is -0.509. The number of ketones is 1. The molecular formula is C25H26IN3O2S. The van der Waals surface area contributed by atoms with Crippen LogP contribution in [0.25, 0.3) is 0 Å². The molecule has 0 amide bonds. The van der Waals surface area contributed by atoms with Crippen molar-refractivity contribution in [3.8, 4) is 6.07 Å². The fraction of sp³-hybridized carbons (Fsp3) is 0.360. The van der Waals surface area contributed by atoms with E-state index in [4.69, 9.17) is 10.2 Å². The van der Waals surface area contributed by atoms with E-state index in [0.29, 0.717) is 29.8 Å². The maximum atomic E-state index is 13.6. The van der Waals surface area contributed by atoms with Crippen molar-refractivity contribution in [2.75, 3.05) is 10.7 Å². The number of aryl methyl sites for hydroxylation is 1. The summed E-state index contributed by atoms with van der Waals surface area (Å²) < 4.78 is 7.06. The number of rotatable bonds is 4. The second-order valence-corrected chi connectivity index (χ2v) is 11.5. The summed E-state index contributed by atoms with van der Waals surface area (Å²) in [6.45, 7) is 8.16. The molecule has 7 heteroatoms. The Balaban J connectivity index is 2.00. The van der Waals surface area contributed by atoms with Gasteiger partial charge in [0.1, 0.15) is 11.6 Å². The molecule has 166 valence electrons. The number of benzene rings is 1. The molecule has 4 rings (SSSR count). The van der Waals surface area contributed by atoms with E-state index in [2.05, 4.69) is 49.4 Å². The van der Waals surface area contributed by atoms with Crippen LogP contribution in [0.3, 0.4) is 0 Å². The van der Waals surface area contributed by atoms with Crippen molar-refractivity contribution >= 4 is 45.8 Å². The van der Waals surface area contributed by atoms with Crippen LogP contribution in [0, 0.1) is 27.2 Å².